The second kappa shape index (κ2) is 10.0. The van der Waals surface area contributed by atoms with Crippen molar-refractivity contribution >= 4 is 42.0 Å². The van der Waals surface area contributed by atoms with Crippen molar-refractivity contribution in [2.75, 3.05) is 18.4 Å². The molecule has 1 saturated carbocycles. The van der Waals surface area contributed by atoms with Crippen molar-refractivity contribution in [3.8, 4) is 0 Å². The standard InChI is InChI=1S/C19H27N5S.2ClH/c1-13-21-18(14-9-15(20)10-14)11-19(22-13)23-16-4-6-24(7-5-16)12-17-3-2-8-25-17;;/h2-3,8,11,14-16H,4-7,9-10,12,20H2,1H3,(H,21,22,23);2*1H. The van der Waals surface area contributed by atoms with Crippen LogP contribution < -0.4 is 11.1 Å². The van der Waals surface area contributed by atoms with Crippen LogP contribution in [-0.2, 0) is 6.54 Å². The summed E-state index contributed by atoms with van der Waals surface area (Å²) in [5.74, 6) is 2.36. The molecule has 2 aromatic rings. The number of hydrogen-bond acceptors (Lipinski definition) is 6. The van der Waals surface area contributed by atoms with Gasteiger partial charge in [0.15, 0.2) is 0 Å². The zero-order valence-electron chi connectivity index (χ0n) is 15.6. The molecule has 0 unspecified atom stereocenters. The number of nitrogens with two attached hydrogens (primary N) is 1. The van der Waals surface area contributed by atoms with Crippen LogP contribution in [0.3, 0.4) is 0 Å². The van der Waals surface area contributed by atoms with Crippen molar-refractivity contribution in [3.63, 3.8) is 0 Å². The van der Waals surface area contributed by atoms with Crippen molar-refractivity contribution in [2.24, 2.45) is 5.73 Å². The first kappa shape index (κ1) is 22.4. The summed E-state index contributed by atoms with van der Waals surface area (Å²) in [6.07, 6.45) is 4.43. The Labute approximate surface area is 178 Å². The van der Waals surface area contributed by atoms with Crippen molar-refractivity contribution < 1.29 is 0 Å². The van der Waals surface area contributed by atoms with Gasteiger partial charge in [-0.15, -0.1) is 36.2 Å². The fourth-order valence-corrected chi connectivity index (χ4v) is 4.59. The van der Waals surface area contributed by atoms with Crippen molar-refractivity contribution in [3.05, 3.63) is 40.0 Å². The molecule has 2 aliphatic rings. The number of aromatic nitrogens is 2. The SMILES string of the molecule is Cc1nc(NC2CCN(Cc3cccs3)CC2)cc(C2CC(N)C2)n1.Cl.Cl. The number of piperidine rings is 1. The van der Waals surface area contributed by atoms with Gasteiger partial charge in [0.1, 0.15) is 11.6 Å². The van der Waals surface area contributed by atoms with E-state index in [1.54, 1.807) is 0 Å². The molecule has 0 radical (unpaired) electrons. The maximum atomic E-state index is 5.93. The first-order valence-electron chi connectivity index (χ1n) is 9.28. The number of aryl methyl sites for hydroxylation is 1. The molecule has 2 fully saturated rings. The minimum absolute atomic E-state index is 0. The third-order valence-corrected chi connectivity index (χ3v) is 6.21. The lowest BCUT2D eigenvalue weighted by atomic mass is 9.78. The molecule has 27 heavy (non-hydrogen) atoms. The molecular formula is C19H29Cl2N5S. The van der Waals surface area contributed by atoms with E-state index < -0.39 is 0 Å². The van der Waals surface area contributed by atoms with Gasteiger partial charge in [-0.25, -0.2) is 9.97 Å². The molecule has 3 N–H and O–H groups in total. The third kappa shape index (κ3) is 5.78. The van der Waals surface area contributed by atoms with Crippen LogP contribution in [0.25, 0.3) is 0 Å². The van der Waals surface area contributed by atoms with Crippen LogP contribution in [0.5, 0.6) is 0 Å². The Bertz CT molecular complexity index is 698. The van der Waals surface area contributed by atoms with E-state index in [9.17, 15) is 0 Å². The number of halogens is 2. The van der Waals surface area contributed by atoms with Crippen LogP contribution >= 0.6 is 36.2 Å². The fraction of sp³-hybridized carbons (Fsp3) is 0.579. The molecule has 2 aromatic heterocycles. The molecule has 1 aliphatic heterocycles. The highest BCUT2D eigenvalue weighted by Crippen LogP contribution is 2.35. The van der Waals surface area contributed by atoms with Crippen LogP contribution in [0, 0.1) is 6.92 Å². The number of thiophene rings is 1. The van der Waals surface area contributed by atoms with Gasteiger partial charge < -0.3 is 11.1 Å². The Kier molecular flexibility index (Phi) is 8.31. The highest BCUT2D eigenvalue weighted by atomic mass is 35.5. The summed E-state index contributed by atoms with van der Waals surface area (Å²) < 4.78 is 0. The fourth-order valence-electron chi connectivity index (χ4n) is 3.84. The lowest BCUT2D eigenvalue weighted by Gasteiger charge is -2.33. The molecular weight excluding hydrogens is 401 g/mol. The Morgan fingerprint density at radius 3 is 2.59 bits per heavy atom. The summed E-state index contributed by atoms with van der Waals surface area (Å²) in [5.41, 5.74) is 7.09. The summed E-state index contributed by atoms with van der Waals surface area (Å²) in [4.78, 5) is 13.2. The van der Waals surface area contributed by atoms with Gasteiger partial charge in [0.25, 0.3) is 0 Å². The minimum atomic E-state index is 0. The Hall–Kier alpha value is -0.920. The van der Waals surface area contributed by atoms with Crippen LogP contribution in [0.4, 0.5) is 5.82 Å². The maximum absolute atomic E-state index is 5.93. The molecule has 0 atom stereocenters. The van der Waals surface area contributed by atoms with Gasteiger partial charge in [0, 0.05) is 54.3 Å². The van der Waals surface area contributed by atoms with Crippen molar-refractivity contribution in [2.45, 2.75) is 57.2 Å². The van der Waals surface area contributed by atoms with Crippen LogP contribution in [-0.4, -0.2) is 40.0 Å². The van der Waals surface area contributed by atoms with Gasteiger partial charge in [-0.3, -0.25) is 4.90 Å². The zero-order valence-corrected chi connectivity index (χ0v) is 18.1. The highest BCUT2D eigenvalue weighted by molar-refractivity contribution is 7.09. The van der Waals surface area contributed by atoms with Gasteiger partial charge in [-0.2, -0.15) is 0 Å². The van der Waals surface area contributed by atoms with Gasteiger partial charge in [0.2, 0.25) is 0 Å². The summed E-state index contributed by atoms with van der Waals surface area (Å²) in [5, 5.41) is 5.81. The molecule has 8 heteroatoms. The molecule has 1 saturated heterocycles. The predicted molar refractivity (Wildman–Crippen MR) is 117 cm³/mol. The quantitative estimate of drug-likeness (QED) is 0.752. The molecule has 0 aromatic carbocycles. The normalized spacial score (nSPS) is 23.0. The smallest absolute Gasteiger partial charge is 0.130 e. The zero-order chi connectivity index (χ0) is 17.2. The van der Waals surface area contributed by atoms with E-state index in [2.05, 4.69) is 43.8 Å². The number of hydrogen-bond donors (Lipinski definition) is 2. The monoisotopic (exact) mass is 429 g/mol. The summed E-state index contributed by atoms with van der Waals surface area (Å²) in [7, 11) is 0. The Morgan fingerprint density at radius 1 is 1.22 bits per heavy atom. The average molecular weight is 430 g/mol. The molecule has 0 amide bonds. The van der Waals surface area contributed by atoms with E-state index in [0.717, 1.165) is 62.7 Å². The van der Waals surface area contributed by atoms with E-state index in [1.807, 2.05) is 18.3 Å². The maximum Gasteiger partial charge on any atom is 0.130 e. The lowest BCUT2D eigenvalue weighted by molar-refractivity contribution is 0.213. The second-order valence-electron chi connectivity index (χ2n) is 7.43. The van der Waals surface area contributed by atoms with Crippen LogP contribution in [0.15, 0.2) is 23.6 Å². The lowest BCUT2D eigenvalue weighted by Crippen LogP contribution is -2.39. The largest absolute Gasteiger partial charge is 0.367 e. The van der Waals surface area contributed by atoms with E-state index in [0.29, 0.717) is 18.0 Å². The molecule has 0 bridgehead atoms. The first-order valence-corrected chi connectivity index (χ1v) is 10.2. The topological polar surface area (TPSA) is 67.1 Å². The molecule has 3 heterocycles. The Balaban J connectivity index is 0.00000131. The molecule has 0 spiro atoms. The second-order valence-corrected chi connectivity index (χ2v) is 8.46. The summed E-state index contributed by atoms with van der Waals surface area (Å²) in [6.45, 7) is 5.36. The highest BCUT2D eigenvalue weighted by Gasteiger charge is 2.29. The molecule has 1 aliphatic carbocycles. The van der Waals surface area contributed by atoms with Crippen molar-refractivity contribution in [1.29, 1.82) is 0 Å². The Morgan fingerprint density at radius 2 is 1.96 bits per heavy atom. The summed E-state index contributed by atoms with van der Waals surface area (Å²) in [6, 6.07) is 7.36. The van der Waals surface area contributed by atoms with Crippen molar-refractivity contribution in [1.82, 2.24) is 14.9 Å². The number of rotatable bonds is 5. The molecule has 5 nitrogen and oxygen atoms in total. The summed E-state index contributed by atoms with van der Waals surface area (Å²) >= 11 is 1.85. The van der Waals surface area contributed by atoms with E-state index in [-0.39, 0.29) is 24.8 Å². The molecule has 4 rings (SSSR count). The van der Waals surface area contributed by atoms with E-state index in [4.69, 9.17) is 5.73 Å². The average Bonchev–Trinajstić information content (AvgIpc) is 3.06. The van der Waals surface area contributed by atoms with Crippen LogP contribution in [0.1, 0.15) is 48.0 Å². The van der Waals surface area contributed by atoms with Gasteiger partial charge in [-0.1, -0.05) is 6.07 Å². The van der Waals surface area contributed by atoms with Crippen LogP contribution in [0.2, 0.25) is 0 Å². The van der Waals surface area contributed by atoms with Gasteiger partial charge >= 0.3 is 0 Å². The molecule has 150 valence electrons. The number of nitrogens with zero attached hydrogens (tertiary/aromatic N) is 3. The van der Waals surface area contributed by atoms with E-state index in [1.165, 1.54) is 4.88 Å². The van der Waals surface area contributed by atoms with Gasteiger partial charge in [-0.05, 0) is 44.1 Å². The minimum Gasteiger partial charge on any atom is -0.367 e. The number of likely N-dealkylation sites (tertiary alicyclic amines) is 1. The predicted octanol–water partition coefficient (Wildman–Crippen LogP) is 3.97. The third-order valence-electron chi connectivity index (χ3n) is 5.35. The first-order chi connectivity index (χ1) is 12.2. The number of anilines is 1. The number of nitrogens with one attached hydrogen (secondary N) is 1. The van der Waals surface area contributed by atoms with E-state index >= 15 is 0 Å². The van der Waals surface area contributed by atoms with Gasteiger partial charge in [0.05, 0.1) is 0 Å².